The van der Waals surface area contributed by atoms with Crippen LogP contribution in [0.25, 0.3) is 0 Å². The fourth-order valence-corrected chi connectivity index (χ4v) is 5.77. The molecule has 0 bridgehead atoms. The minimum atomic E-state index is -3.99. The van der Waals surface area contributed by atoms with Gasteiger partial charge in [0.05, 0.1) is 19.0 Å². The Balaban J connectivity index is 1.49. The van der Waals surface area contributed by atoms with Gasteiger partial charge in [-0.3, -0.25) is 9.59 Å². The zero-order valence-corrected chi connectivity index (χ0v) is 16.9. The maximum atomic E-state index is 13.1. The molecule has 3 N–H and O–H groups in total. The predicted octanol–water partition coefficient (Wildman–Crippen LogP) is -0.617. The number of phenols is 1. The molecule has 30 heavy (non-hydrogen) atoms. The summed E-state index contributed by atoms with van der Waals surface area (Å²) in [5, 5.41) is 9.23. The van der Waals surface area contributed by atoms with Gasteiger partial charge >= 0.3 is 15.0 Å². The number of nitrogens with two attached hydrogens (primary N) is 1. The molecule has 1 amide bonds. The van der Waals surface area contributed by atoms with E-state index in [-0.39, 0.29) is 29.0 Å². The number of aromatic nitrogens is 1. The lowest BCUT2D eigenvalue weighted by molar-refractivity contribution is -0.678. The highest BCUT2D eigenvalue weighted by Crippen LogP contribution is 2.33. The monoisotopic (exact) mass is 430 g/mol. The van der Waals surface area contributed by atoms with Gasteiger partial charge in [-0.25, -0.2) is 14.3 Å². The van der Waals surface area contributed by atoms with Gasteiger partial charge in [-0.05, 0) is 36.6 Å². The fraction of sp³-hybridized carbons (Fsp3) is 0.300. The van der Waals surface area contributed by atoms with Crippen LogP contribution in [0.15, 0.2) is 53.7 Å². The molecule has 3 heterocycles. The first-order valence-electron chi connectivity index (χ1n) is 9.51. The van der Waals surface area contributed by atoms with E-state index in [0.29, 0.717) is 19.4 Å². The van der Waals surface area contributed by atoms with Crippen molar-refractivity contribution >= 4 is 21.7 Å². The van der Waals surface area contributed by atoms with Crippen LogP contribution >= 0.6 is 0 Å². The number of carbonyl (C=O) groups excluding carboxylic acids is 2. The number of hydrogen-bond donors (Lipinski definition) is 2. The maximum absolute atomic E-state index is 13.1. The normalized spacial score (nSPS) is 21.7. The van der Waals surface area contributed by atoms with Crippen molar-refractivity contribution in [1.29, 1.82) is 0 Å². The summed E-state index contributed by atoms with van der Waals surface area (Å²) in [6.07, 6.45) is 3.63. The lowest BCUT2D eigenvalue weighted by Crippen LogP contribution is -2.52. The van der Waals surface area contributed by atoms with Crippen LogP contribution < -0.4 is 10.5 Å². The van der Waals surface area contributed by atoms with Crippen LogP contribution in [0.1, 0.15) is 12.0 Å². The van der Waals surface area contributed by atoms with E-state index < -0.39 is 22.1 Å². The Morgan fingerprint density at radius 3 is 2.67 bits per heavy atom. The number of fused-ring (bicyclic) bond motifs is 1. The SMILES string of the molecule is N[n+]1ccccc1S(=O)(=O)N1CC(=O)C2C1CCN2C(=O)[CH]Cc1ccc(O)cc1. The number of sulfonamides is 1. The third-order valence-corrected chi connectivity index (χ3v) is 7.43. The predicted molar refractivity (Wildman–Crippen MR) is 106 cm³/mol. The molecule has 2 unspecified atom stereocenters. The highest BCUT2D eigenvalue weighted by Gasteiger charge is 2.55. The van der Waals surface area contributed by atoms with E-state index in [4.69, 9.17) is 5.84 Å². The number of amides is 1. The minimum Gasteiger partial charge on any atom is -0.508 e. The van der Waals surface area contributed by atoms with Crippen LogP contribution in [0.2, 0.25) is 0 Å². The van der Waals surface area contributed by atoms with Gasteiger partial charge in [0.2, 0.25) is 12.1 Å². The van der Waals surface area contributed by atoms with Crippen LogP contribution in [0, 0.1) is 6.42 Å². The first-order valence-corrected chi connectivity index (χ1v) is 10.9. The molecule has 1 radical (unpaired) electrons. The number of nitrogen functional groups attached to an aromatic ring is 1. The van der Waals surface area contributed by atoms with Gasteiger partial charge in [-0.15, -0.1) is 0 Å². The van der Waals surface area contributed by atoms with E-state index in [1.54, 1.807) is 24.3 Å². The van der Waals surface area contributed by atoms with Gasteiger partial charge in [0.1, 0.15) is 11.8 Å². The summed E-state index contributed by atoms with van der Waals surface area (Å²) in [6, 6.07) is 9.66. The molecule has 2 aliphatic rings. The molecular weight excluding hydrogens is 408 g/mol. The van der Waals surface area contributed by atoms with Crippen molar-refractivity contribution in [3.05, 3.63) is 60.6 Å². The third kappa shape index (κ3) is 3.52. The number of carbonyl (C=O) groups is 2. The molecule has 1 aromatic carbocycles. The Kier molecular flexibility index (Phi) is 5.20. The highest BCUT2D eigenvalue weighted by molar-refractivity contribution is 7.89. The molecule has 2 saturated heterocycles. The number of benzene rings is 1. The second-order valence-electron chi connectivity index (χ2n) is 7.37. The second kappa shape index (κ2) is 7.69. The fourth-order valence-electron chi connectivity index (χ4n) is 4.07. The number of phenolic OH excluding ortho intramolecular Hbond substituents is 1. The summed E-state index contributed by atoms with van der Waals surface area (Å²) >= 11 is 0. The number of rotatable bonds is 5. The van der Waals surface area contributed by atoms with Gasteiger partial charge in [0, 0.05) is 18.7 Å². The first-order chi connectivity index (χ1) is 14.3. The van der Waals surface area contributed by atoms with Crippen LogP contribution in [0.4, 0.5) is 0 Å². The molecule has 4 rings (SSSR count). The third-order valence-electron chi connectivity index (χ3n) is 5.53. The summed E-state index contributed by atoms with van der Waals surface area (Å²) in [6.45, 7) is 0.0176. The summed E-state index contributed by atoms with van der Waals surface area (Å²) in [5.41, 5.74) is 0.843. The Bertz CT molecular complexity index is 1090. The Hall–Kier alpha value is -2.98. The molecular formula is C20H22N4O5S+. The molecule has 0 saturated carbocycles. The average molecular weight is 430 g/mol. The summed E-state index contributed by atoms with van der Waals surface area (Å²) in [5.74, 6) is 5.30. The number of Topliss-reactive ketones (excluding diaryl/α,β-unsaturated/α-hetero) is 1. The second-order valence-corrected chi connectivity index (χ2v) is 9.21. The molecule has 9 nitrogen and oxygen atoms in total. The number of ketones is 1. The van der Waals surface area contributed by atoms with E-state index in [0.717, 1.165) is 14.5 Å². The average Bonchev–Trinajstić information content (AvgIpc) is 3.29. The van der Waals surface area contributed by atoms with Crippen molar-refractivity contribution in [3.63, 3.8) is 0 Å². The molecule has 0 aliphatic carbocycles. The topological polar surface area (TPSA) is 125 Å². The van der Waals surface area contributed by atoms with Crippen molar-refractivity contribution in [1.82, 2.24) is 9.21 Å². The van der Waals surface area contributed by atoms with Crippen LogP contribution in [0.3, 0.4) is 0 Å². The van der Waals surface area contributed by atoms with E-state index >= 15 is 0 Å². The largest absolute Gasteiger partial charge is 0.508 e. The Morgan fingerprint density at radius 2 is 1.97 bits per heavy atom. The van der Waals surface area contributed by atoms with E-state index in [9.17, 15) is 23.1 Å². The highest BCUT2D eigenvalue weighted by atomic mass is 32.2. The summed E-state index contributed by atoms with van der Waals surface area (Å²) in [7, 11) is -3.99. The van der Waals surface area contributed by atoms with Crippen LogP contribution in [0.5, 0.6) is 5.75 Å². The number of likely N-dealkylation sites (tertiary alicyclic amines) is 1. The van der Waals surface area contributed by atoms with Crippen molar-refractivity contribution in [2.45, 2.75) is 30.0 Å². The zero-order chi connectivity index (χ0) is 21.5. The number of aromatic hydroxyl groups is 1. The molecule has 2 atom stereocenters. The lowest BCUT2D eigenvalue weighted by Gasteiger charge is -2.23. The molecule has 10 heteroatoms. The van der Waals surface area contributed by atoms with E-state index in [2.05, 4.69) is 0 Å². The Labute approximate surface area is 174 Å². The first kappa shape index (κ1) is 20.3. The number of hydrogen-bond acceptors (Lipinski definition) is 6. The van der Waals surface area contributed by atoms with Gasteiger partial charge in [0.25, 0.3) is 0 Å². The smallest absolute Gasteiger partial charge is 0.340 e. The maximum Gasteiger partial charge on any atom is 0.340 e. The van der Waals surface area contributed by atoms with Crippen LogP contribution in [-0.2, 0) is 26.0 Å². The van der Waals surface area contributed by atoms with Gasteiger partial charge in [-0.1, -0.05) is 16.8 Å². The van der Waals surface area contributed by atoms with Crippen molar-refractivity contribution in [2.24, 2.45) is 0 Å². The molecule has 2 aromatic rings. The van der Waals surface area contributed by atoms with Crippen molar-refractivity contribution in [3.8, 4) is 5.75 Å². The number of pyridine rings is 1. The van der Waals surface area contributed by atoms with Crippen molar-refractivity contribution < 1.29 is 27.8 Å². The number of nitrogens with zero attached hydrogens (tertiary/aromatic N) is 3. The molecule has 157 valence electrons. The Morgan fingerprint density at radius 1 is 1.23 bits per heavy atom. The van der Waals surface area contributed by atoms with Crippen LogP contribution in [-0.4, -0.2) is 59.6 Å². The van der Waals surface area contributed by atoms with E-state index in [1.807, 2.05) is 0 Å². The molecule has 1 aromatic heterocycles. The van der Waals surface area contributed by atoms with E-state index in [1.165, 1.54) is 35.7 Å². The van der Waals surface area contributed by atoms with Crippen molar-refractivity contribution in [2.75, 3.05) is 18.9 Å². The minimum absolute atomic E-state index is 0.109. The summed E-state index contributed by atoms with van der Waals surface area (Å²) in [4.78, 5) is 26.9. The molecule has 2 fully saturated rings. The van der Waals surface area contributed by atoms with Gasteiger partial charge in [0.15, 0.2) is 5.78 Å². The standard InChI is InChI=1S/C20H21N4O5S/c21-23-11-2-1-3-19(23)30(28,29)24-13-17(26)20-16(24)10-12-22(20)18(27)9-6-14-4-7-15(25)8-5-14/h1-5,7-9,11,16,20H,6,10,12-13,21H2/p+1. The molecule has 2 aliphatic heterocycles. The molecule has 0 spiro atoms. The zero-order valence-electron chi connectivity index (χ0n) is 16.1. The summed E-state index contributed by atoms with van der Waals surface area (Å²) < 4.78 is 28.4. The quantitative estimate of drug-likeness (QED) is 0.481. The van der Waals surface area contributed by atoms with Gasteiger partial charge in [-0.2, -0.15) is 4.31 Å². The lowest BCUT2D eigenvalue weighted by atomic mass is 10.1. The van der Waals surface area contributed by atoms with Gasteiger partial charge < -0.3 is 10.0 Å².